The number of ketones is 1. The Hall–Kier alpha value is -2.80. The van der Waals surface area contributed by atoms with E-state index in [1.54, 1.807) is 13.0 Å². The summed E-state index contributed by atoms with van der Waals surface area (Å²) in [4.78, 5) is 28.8. The molecule has 1 fully saturated rings. The predicted molar refractivity (Wildman–Crippen MR) is 118 cm³/mol. The number of hydrogen-bond acceptors (Lipinski definition) is 6. The van der Waals surface area contributed by atoms with E-state index < -0.39 is 6.04 Å². The summed E-state index contributed by atoms with van der Waals surface area (Å²) in [6, 6.07) is 8.44. The van der Waals surface area contributed by atoms with E-state index in [1.165, 1.54) is 4.90 Å². The summed E-state index contributed by atoms with van der Waals surface area (Å²) in [5.41, 5.74) is 1.15. The number of aromatic nitrogens is 1. The second kappa shape index (κ2) is 7.96. The molecule has 1 saturated carbocycles. The van der Waals surface area contributed by atoms with Gasteiger partial charge in [0.05, 0.1) is 24.1 Å². The average Bonchev–Trinajstić information content (AvgIpc) is 3.32. The Morgan fingerprint density at radius 1 is 1.22 bits per heavy atom. The first-order valence-corrected chi connectivity index (χ1v) is 11.4. The number of benzene rings is 1. The molecule has 0 N–H and O–H groups in total. The van der Waals surface area contributed by atoms with Crippen LogP contribution in [0.1, 0.15) is 44.1 Å². The third-order valence-electron chi connectivity index (χ3n) is 6.58. The lowest BCUT2D eigenvalue weighted by Crippen LogP contribution is -2.44. The van der Waals surface area contributed by atoms with Gasteiger partial charge in [-0.3, -0.25) is 14.5 Å². The van der Waals surface area contributed by atoms with E-state index in [1.807, 2.05) is 31.2 Å². The van der Waals surface area contributed by atoms with Crippen LogP contribution in [0.3, 0.4) is 0 Å². The Morgan fingerprint density at radius 2 is 1.97 bits per heavy atom. The Labute approximate surface area is 191 Å². The minimum atomic E-state index is -0.653. The number of Topliss-reactive ketones (excluding diaryl/α,β-unsaturated/α-hetero) is 1. The number of alkyl halides is 1. The molecule has 0 saturated heterocycles. The van der Waals surface area contributed by atoms with Gasteiger partial charge < -0.3 is 14.0 Å². The zero-order chi connectivity index (χ0) is 22.6. The quantitative estimate of drug-likeness (QED) is 0.636. The topological polar surface area (TPSA) is 81.9 Å². The minimum absolute atomic E-state index is 0.0660. The highest BCUT2D eigenvalue weighted by Gasteiger charge is 2.54. The number of aryl methyl sites for hydroxylation is 1. The van der Waals surface area contributed by atoms with Crippen molar-refractivity contribution < 1.29 is 23.6 Å². The molecule has 1 aromatic heterocycles. The summed E-state index contributed by atoms with van der Waals surface area (Å²) < 4.78 is 17.0. The molecule has 1 aliphatic carbocycles. The van der Waals surface area contributed by atoms with Gasteiger partial charge in [-0.2, -0.15) is 0 Å². The van der Waals surface area contributed by atoms with E-state index in [9.17, 15) is 9.59 Å². The van der Waals surface area contributed by atoms with Crippen molar-refractivity contribution in [3.8, 4) is 5.75 Å². The Morgan fingerprint density at radius 3 is 2.62 bits per heavy atom. The molecule has 5 rings (SSSR count). The molecule has 168 valence electrons. The van der Waals surface area contributed by atoms with Crippen molar-refractivity contribution in [2.24, 2.45) is 11.8 Å². The molecule has 1 amide bonds. The minimum Gasteiger partial charge on any atom is -0.494 e. The summed E-state index contributed by atoms with van der Waals surface area (Å²) in [5, 5.41) is 3.96. The van der Waals surface area contributed by atoms with Crippen molar-refractivity contribution in [3.63, 3.8) is 0 Å². The molecular formula is C24H25ClN2O5. The lowest BCUT2D eigenvalue weighted by Gasteiger charge is -2.39. The van der Waals surface area contributed by atoms with Crippen molar-refractivity contribution in [1.82, 2.24) is 5.16 Å². The standard InChI is InChI=1S/C24H25ClN2O5/c1-4-30-15-7-5-14(6-8-15)21-20-22(28)16-11-17(25)12(2)9-18(16)31-23(20)24(29)27(21)19-10-13(3)32-26-19/h5-8,10,12,16-18,21H,4,9,11H2,1-3H3. The molecule has 5 unspecified atom stereocenters. The van der Waals surface area contributed by atoms with Crippen LogP contribution < -0.4 is 9.64 Å². The van der Waals surface area contributed by atoms with Gasteiger partial charge >= 0.3 is 0 Å². The van der Waals surface area contributed by atoms with Crippen LogP contribution >= 0.6 is 11.6 Å². The summed E-state index contributed by atoms with van der Waals surface area (Å²) >= 11 is 6.51. The molecule has 2 aliphatic heterocycles. The predicted octanol–water partition coefficient (Wildman–Crippen LogP) is 4.35. The van der Waals surface area contributed by atoms with Crippen LogP contribution in [0.15, 0.2) is 46.2 Å². The van der Waals surface area contributed by atoms with Crippen molar-refractivity contribution >= 4 is 29.1 Å². The largest absolute Gasteiger partial charge is 0.494 e. The number of ether oxygens (including phenoxy) is 2. The van der Waals surface area contributed by atoms with Crippen molar-refractivity contribution in [3.05, 3.63) is 53.0 Å². The van der Waals surface area contributed by atoms with Gasteiger partial charge in [-0.05, 0) is 50.3 Å². The van der Waals surface area contributed by atoms with Crippen molar-refractivity contribution in [2.75, 3.05) is 11.5 Å². The van der Waals surface area contributed by atoms with Crippen molar-refractivity contribution in [1.29, 1.82) is 0 Å². The van der Waals surface area contributed by atoms with E-state index >= 15 is 0 Å². The van der Waals surface area contributed by atoms with E-state index in [0.717, 1.165) is 11.3 Å². The maximum absolute atomic E-state index is 13.7. The van der Waals surface area contributed by atoms with Gasteiger partial charge in [0.1, 0.15) is 17.6 Å². The monoisotopic (exact) mass is 456 g/mol. The second-order valence-electron chi connectivity index (χ2n) is 8.71. The first-order valence-electron chi connectivity index (χ1n) is 11.0. The van der Waals surface area contributed by atoms with Crippen LogP contribution in [0.4, 0.5) is 5.82 Å². The number of anilines is 1. The molecule has 8 heteroatoms. The van der Waals surface area contributed by atoms with Gasteiger partial charge in [0.25, 0.3) is 5.91 Å². The lowest BCUT2D eigenvalue weighted by atomic mass is 9.74. The Bertz CT molecular complexity index is 1090. The van der Waals surface area contributed by atoms with Crippen LogP contribution in [0.5, 0.6) is 5.75 Å². The fourth-order valence-electron chi connectivity index (χ4n) is 4.95. The molecule has 3 heterocycles. The SMILES string of the molecule is CCOc1ccc(C2C3=C(OC4CC(C)C(Cl)CC4C3=O)C(=O)N2c2cc(C)on2)cc1. The number of halogens is 1. The van der Waals surface area contributed by atoms with Gasteiger partial charge in [0.2, 0.25) is 0 Å². The summed E-state index contributed by atoms with van der Waals surface area (Å²) in [5.74, 6) is 1.17. The highest BCUT2D eigenvalue weighted by Crippen LogP contribution is 2.49. The Kier molecular flexibility index (Phi) is 5.24. The molecule has 5 atom stereocenters. The van der Waals surface area contributed by atoms with E-state index in [-0.39, 0.29) is 40.8 Å². The molecule has 7 nitrogen and oxygen atoms in total. The van der Waals surface area contributed by atoms with E-state index in [4.69, 9.17) is 25.6 Å². The zero-order valence-electron chi connectivity index (χ0n) is 18.2. The van der Waals surface area contributed by atoms with Gasteiger partial charge in [0, 0.05) is 11.4 Å². The average molecular weight is 457 g/mol. The van der Waals surface area contributed by atoms with Gasteiger partial charge in [0.15, 0.2) is 17.4 Å². The maximum atomic E-state index is 13.7. The smallest absolute Gasteiger partial charge is 0.295 e. The number of amides is 1. The normalized spacial score (nSPS) is 29.6. The van der Waals surface area contributed by atoms with Crippen LogP contribution in [-0.4, -0.2) is 34.9 Å². The number of fused-ring (bicyclic) bond motifs is 1. The first-order chi connectivity index (χ1) is 15.4. The molecule has 3 aliphatic rings. The summed E-state index contributed by atoms with van der Waals surface area (Å²) in [6.45, 7) is 6.27. The molecule has 1 aromatic carbocycles. The molecule has 0 radical (unpaired) electrons. The highest BCUT2D eigenvalue weighted by atomic mass is 35.5. The lowest BCUT2D eigenvalue weighted by molar-refractivity contribution is -0.132. The van der Waals surface area contributed by atoms with Crippen LogP contribution in [-0.2, 0) is 14.3 Å². The van der Waals surface area contributed by atoms with E-state index in [0.29, 0.717) is 36.6 Å². The third-order valence-corrected chi connectivity index (χ3v) is 7.19. The number of carbonyl (C=O) groups excluding carboxylic acids is 2. The van der Waals surface area contributed by atoms with Crippen molar-refractivity contribution in [2.45, 2.75) is 51.1 Å². The molecule has 0 bridgehead atoms. The Balaban J connectivity index is 1.60. The molecule has 32 heavy (non-hydrogen) atoms. The number of hydrogen-bond donors (Lipinski definition) is 0. The van der Waals surface area contributed by atoms with Crippen LogP contribution in [0, 0.1) is 18.8 Å². The zero-order valence-corrected chi connectivity index (χ0v) is 19.0. The molecule has 0 spiro atoms. The number of nitrogens with zero attached hydrogens (tertiary/aromatic N) is 2. The fraction of sp³-hybridized carbons (Fsp3) is 0.458. The van der Waals surface area contributed by atoms with E-state index in [2.05, 4.69) is 12.1 Å². The van der Waals surface area contributed by atoms with Gasteiger partial charge in [-0.1, -0.05) is 24.2 Å². The van der Waals surface area contributed by atoms with Crippen LogP contribution in [0.25, 0.3) is 0 Å². The van der Waals surface area contributed by atoms with Gasteiger partial charge in [-0.15, -0.1) is 11.6 Å². The van der Waals surface area contributed by atoms with Gasteiger partial charge in [-0.25, -0.2) is 0 Å². The fourth-order valence-corrected chi connectivity index (χ4v) is 5.24. The number of carbonyl (C=O) groups is 2. The molecule has 2 aromatic rings. The maximum Gasteiger partial charge on any atom is 0.295 e. The first kappa shape index (κ1) is 21.1. The second-order valence-corrected chi connectivity index (χ2v) is 9.27. The third kappa shape index (κ3) is 3.30. The highest BCUT2D eigenvalue weighted by molar-refractivity contribution is 6.21. The summed E-state index contributed by atoms with van der Waals surface area (Å²) in [6.07, 6.45) is 0.844. The molecular weight excluding hydrogens is 432 g/mol. The van der Waals surface area contributed by atoms with Crippen LogP contribution in [0.2, 0.25) is 0 Å². The summed E-state index contributed by atoms with van der Waals surface area (Å²) in [7, 11) is 0. The number of rotatable bonds is 4.